The Hall–Kier alpha value is -3.00. The zero-order chi connectivity index (χ0) is 20.1. The van der Waals surface area contributed by atoms with Gasteiger partial charge in [0.25, 0.3) is 5.56 Å². The van der Waals surface area contributed by atoms with Crippen molar-refractivity contribution in [3.63, 3.8) is 0 Å². The molecular formula is C20H21BrN4O3. The molecule has 0 unspecified atom stereocenters. The number of nitrogen functional groups attached to an aromatic ring is 1. The largest absolute Gasteiger partial charge is 0.492 e. The summed E-state index contributed by atoms with van der Waals surface area (Å²) in [4.78, 5) is 28.6. The van der Waals surface area contributed by atoms with Gasteiger partial charge in [0.1, 0.15) is 23.9 Å². The van der Waals surface area contributed by atoms with Crippen LogP contribution in [-0.2, 0) is 6.54 Å². The first-order valence-electron chi connectivity index (χ1n) is 8.71. The van der Waals surface area contributed by atoms with Gasteiger partial charge in [0.2, 0.25) is 0 Å². The summed E-state index contributed by atoms with van der Waals surface area (Å²) in [5, 5.41) is 0. The van der Waals surface area contributed by atoms with E-state index in [4.69, 9.17) is 10.5 Å². The number of benzene rings is 2. The van der Waals surface area contributed by atoms with Crippen LogP contribution in [0.2, 0.25) is 0 Å². The van der Waals surface area contributed by atoms with E-state index in [1.165, 1.54) is 4.57 Å². The predicted molar refractivity (Wildman–Crippen MR) is 114 cm³/mol. The lowest BCUT2D eigenvalue weighted by molar-refractivity contribution is 0.325. The molecule has 0 atom stereocenters. The fourth-order valence-electron chi connectivity index (χ4n) is 2.84. The summed E-state index contributed by atoms with van der Waals surface area (Å²) in [5.41, 5.74) is 6.30. The van der Waals surface area contributed by atoms with Gasteiger partial charge in [-0.3, -0.25) is 14.3 Å². The molecule has 0 aliphatic rings. The number of aromatic nitrogens is 2. The van der Waals surface area contributed by atoms with Crippen molar-refractivity contribution in [2.75, 3.05) is 30.8 Å². The number of aromatic amines is 1. The van der Waals surface area contributed by atoms with Crippen LogP contribution in [0.1, 0.15) is 5.56 Å². The van der Waals surface area contributed by atoms with Crippen LogP contribution in [0, 0.1) is 0 Å². The van der Waals surface area contributed by atoms with Crippen LogP contribution < -0.4 is 26.6 Å². The highest BCUT2D eigenvalue weighted by molar-refractivity contribution is 9.10. The summed E-state index contributed by atoms with van der Waals surface area (Å²) in [6.45, 7) is 1.05. The molecule has 28 heavy (non-hydrogen) atoms. The second-order valence-corrected chi connectivity index (χ2v) is 7.21. The van der Waals surface area contributed by atoms with E-state index in [0.717, 1.165) is 15.8 Å². The Bertz CT molecular complexity index is 1060. The number of hydrogen-bond donors (Lipinski definition) is 2. The Morgan fingerprint density at radius 1 is 1.14 bits per heavy atom. The molecular weight excluding hydrogens is 424 g/mol. The lowest BCUT2D eigenvalue weighted by Crippen LogP contribution is -2.38. The molecule has 1 aromatic heterocycles. The molecule has 0 aliphatic carbocycles. The highest BCUT2D eigenvalue weighted by Crippen LogP contribution is 2.19. The first-order chi connectivity index (χ1) is 13.5. The van der Waals surface area contributed by atoms with Crippen molar-refractivity contribution in [2.24, 2.45) is 0 Å². The van der Waals surface area contributed by atoms with Crippen molar-refractivity contribution in [1.82, 2.24) is 9.55 Å². The van der Waals surface area contributed by atoms with Crippen molar-refractivity contribution in [3.8, 4) is 5.75 Å². The number of halogens is 1. The van der Waals surface area contributed by atoms with E-state index in [9.17, 15) is 9.59 Å². The minimum Gasteiger partial charge on any atom is -0.492 e. The first-order valence-corrected chi connectivity index (χ1v) is 9.51. The van der Waals surface area contributed by atoms with Crippen LogP contribution in [0.5, 0.6) is 5.75 Å². The summed E-state index contributed by atoms with van der Waals surface area (Å²) in [6, 6.07) is 17.0. The van der Waals surface area contributed by atoms with E-state index in [-0.39, 0.29) is 18.1 Å². The maximum absolute atomic E-state index is 12.3. The SMILES string of the molecule is CN(CCOc1cccc(Br)c1)c1c(N)n(Cc2ccccc2)c(=O)[nH]c1=O. The van der Waals surface area contributed by atoms with Gasteiger partial charge >= 0.3 is 5.69 Å². The summed E-state index contributed by atoms with van der Waals surface area (Å²) in [7, 11) is 1.74. The molecule has 8 heteroatoms. The third-order valence-corrected chi connectivity index (χ3v) is 4.76. The maximum Gasteiger partial charge on any atom is 0.330 e. The summed E-state index contributed by atoms with van der Waals surface area (Å²) < 4.78 is 8.00. The number of anilines is 2. The van der Waals surface area contributed by atoms with E-state index in [2.05, 4.69) is 20.9 Å². The van der Waals surface area contributed by atoms with Gasteiger partial charge in [-0.1, -0.05) is 52.3 Å². The summed E-state index contributed by atoms with van der Waals surface area (Å²) in [5.74, 6) is 0.848. The van der Waals surface area contributed by atoms with Crippen molar-refractivity contribution in [1.29, 1.82) is 0 Å². The second kappa shape index (κ2) is 8.79. The van der Waals surface area contributed by atoms with E-state index in [1.807, 2.05) is 54.6 Å². The molecule has 0 saturated carbocycles. The topological polar surface area (TPSA) is 93.3 Å². The van der Waals surface area contributed by atoms with Crippen LogP contribution in [-0.4, -0.2) is 29.8 Å². The second-order valence-electron chi connectivity index (χ2n) is 6.29. The van der Waals surface area contributed by atoms with Crippen molar-refractivity contribution in [2.45, 2.75) is 6.54 Å². The average Bonchev–Trinajstić information content (AvgIpc) is 2.66. The number of nitrogens with zero attached hydrogens (tertiary/aromatic N) is 2. The number of nitrogens with two attached hydrogens (primary N) is 1. The zero-order valence-corrected chi connectivity index (χ0v) is 17.0. The molecule has 0 amide bonds. The van der Waals surface area contributed by atoms with E-state index in [1.54, 1.807) is 11.9 Å². The first kappa shape index (κ1) is 19.8. The molecule has 3 rings (SSSR count). The highest BCUT2D eigenvalue weighted by atomic mass is 79.9. The Labute approximate surface area is 170 Å². The molecule has 0 radical (unpaired) electrons. The fraction of sp³-hybridized carbons (Fsp3) is 0.200. The van der Waals surface area contributed by atoms with Gasteiger partial charge in [0.05, 0.1) is 13.1 Å². The molecule has 3 N–H and O–H groups in total. The Morgan fingerprint density at radius 2 is 1.89 bits per heavy atom. The van der Waals surface area contributed by atoms with Crippen molar-refractivity contribution >= 4 is 27.4 Å². The number of likely N-dealkylation sites (N-methyl/N-ethyl adjacent to an activating group) is 1. The van der Waals surface area contributed by atoms with Crippen LogP contribution in [0.25, 0.3) is 0 Å². The van der Waals surface area contributed by atoms with Gasteiger partial charge in [-0.25, -0.2) is 4.79 Å². The lowest BCUT2D eigenvalue weighted by atomic mass is 10.2. The molecule has 0 spiro atoms. The van der Waals surface area contributed by atoms with Crippen molar-refractivity contribution < 1.29 is 4.74 Å². The van der Waals surface area contributed by atoms with Crippen LogP contribution in [0.15, 0.2) is 68.7 Å². The molecule has 3 aromatic rings. The monoisotopic (exact) mass is 444 g/mol. The third-order valence-electron chi connectivity index (χ3n) is 4.27. The average molecular weight is 445 g/mol. The fourth-order valence-corrected chi connectivity index (χ4v) is 3.22. The van der Waals surface area contributed by atoms with Gasteiger partial charge in [-0.2, -0.15) is 0 Å². The predicted octanol–water partition coefficient (Wildman–Crippen LogP) is 2.44. The zero-order valence-electron chi connectivity index (χ0n) is 15.4. The molecule has 0 saturated heterocycles. The van der Waals surface area contributed by atoms with Gasteiger partial charge < -0.3 is 15.4 Å². The minimum atomic E-state index is -0.533. The van der Waals surface area contributed by atoms with Gasteiger partial charge in [-0.15, -0.1) is 0 Å². The van der Waals surface area contributed by atoms with E-state index in [0.29, 0.717) is 13.2 Å². The third kappa shape index (κ3) is 4.64. The van der Waals surface area contributed by atoms with Crippen molar-refractivity contribution in [3.05, 3.63) is 85.5 Å². The van der Waals surface area contributed by atoms with Gasteiger partial charge in [0, 0.05) is 11.5 Å². The molecule has 1 heterocycles. The molecule has 2 aromatic carbocycles. The number of hydrogen-bond acceptors (Lipinski definition) is 5. The number of nitrogens with one attached hydrogen (secondary N) is 1. The van der Waals surface area contributed by atoms with Crippen LogP contribution >= 0.6 is 15.9 Å². The highest BCUT2D eigenvalue weighted by Gasteiger charge is 2.16. The smallest absolute Gasteiger partial charge is 0.330 e. The molecule has 0 bridgehead atoms. The standard InChI is InChI=1S/C20H21BrN4O3/c1-24(10-11-28-16-9-5-8-15(21)12-16)17-18(22)25(20(27)23-19(17)26)13-14-6-3-2-4-7-14/h2-9,12H,10-11,13,22H2,1H3,(H,23,26,27). The number of ether oxygens (including phenoxy) is 1. The summed E-state index contributed by atoms with van der Waals surface area (Å²) in [6.07, 6.45) is 0. The summed E-state index contributed by atoms with van der Waals surface area (Å²) >= 11 is 3.40. The molecule has 0 fully saturated rings. The minimum absolute atomic E-state index is 0.127. The van der Waals surface area contributed by atoms with Gasteiger partial charge in [-0.05, 0) is 23.8 Å². The Kier molecular flexibility index (Phi) is 6.20. The number of rotatable bonds is 7. The molecule has 7 nitrogen and oxygen atoms in total. The van der Waals surface area contributed by atoms with Crippen LogP contribution in [0.4, 0.5) is 11.5 Å². The lowest BCUT2D eigenvalue weighted by Gasteiger charge is -2.22. The Balaban J connectivity index is 1.77. The normalized spacial score (nSPS) is 10.6. The van der Waals surface area contributed by atoms with Gasteiger partial charge in [0.15, 0.2) is 0 Å². The molecule has 0 aliphatic heterocycles. The van der Waals surface area contributed by atoms with E-state index < -0.39 is 11.2 Å². The van der Waals surface area contributed by atoms with E-state index >= 15 is 0 Å². The number of H-pyrrole nitrogens is 1. The Morgan fingerprint density at radius 3 is 2.61 bits per heavy atom. The quantitative estimate of drug-likeness (QED) is 0.583. The molecule has 146 valence electrons. The van der Waals surface area contributed by atoms with Crippen LogP contribution in [0.3, 0.4) is 0 Å². The maximum atomic E-state index is 12.3.